The van der Waals surface area contributed by atoms with Gasteiger partial charge in [-0.25, -0.2) is 4.98 Å². The maximum Gasteiger partial charge on any atom is 0.267 e. The predicted octanol–water partition coefficient (Wildman–Crippen LogP) is 5.59. The molecule has 4 nitrogen and oxygen atoms in total. The highest BCUT2D eigenvalue weighted by molar-refractivity contribution is 7.21. The van der Waals surface area contributed by atoms with Crippen LogP contribution in [0.15, 0.2) is 30.3 Å². The number of anilines is 2. The van der Waals surface area contributed by atoms with Crippen molar-refractivity contribution in [1.82, 2.24) is 4.98 Å². The average molecular weight is 394 g/mol. The zero-order valence-corrected chi connectivity index (χ0v) is 17.7. The van der Waals surface area contributed by atoms with Crippen LogP contribution >= 0.6 is 11.3 Å². The number of pyridine rings is 1. The molecule has 0 fully saturated rings. The lowest BCUT2D eigenvalue weighted by Crippen LogP contribution is -2.27. The quantitative estimate of drug-likeness (QED) is 0.596. The number of nitrogens with zero attached hydrogens (tertiary/aromatic N) is 1. The molecule has 28 heavy (non-hydrogen) atoms. The SMILES string of the molecule is Cc1ccccc1NC(=O)c1sc2nc3c(cc2c1N)CC(C(C)(C)C)CC3. The third-order valence-electron chi connectivity index (χ3n) is 5.91. The number of nitrogens with one attached hydrogen (secondary N) is 1. The number of nitrogen functional groups attached to an aromatic ring is 1. The van der Waals surface area contributed by atoms with Crippen LogP contribution in [0.2, 0.25) is 0 Å². The van der Waals surface area contributed by atoms with Crippen LogP contribution < -0.4 is 11.1 Å². The molecule has 0 saturated carbocycles. The Bertz CT molecular complexity index is 1060. The minimum Gasteiger partial charge on any atom is -0.397 e. The average Bonchev–Trinajstić information content (AvgIpc) is 2.96. The van der Waals surface area contributed by atoms with E-state index in [0.29, 0.717) is 16.5 Å². The van der Waals surface area contributed by atoms with E-state index >= 15 is 0 Å². The van der Waals surface area contributed by atoms with Gasteiger partial charge in [0.25, 0.3) is 5.91 Å². The molecule has 0 radical (unpaired) electrons. The van der Waals surface area contributed by atoms with E-state index in [1.807, 2.05) is 31.2 Å². The van der Waals surface area contributed by atoms with Crippen LogP contribution in [0.1, 0.15) is 53.7 Å². The lowest BCUT2D eigenvalue weighted by molar-refractivity contribution is 0.103. The van der Waals surface area contributed by atoms with Crippen LogP contribution in [0.4, 0.5) is 11.4 Å². The molecular weight excluding hydrogens is 366 g/mol. The Hall–Kier alpha value is -2.40. The van der Waals surface area contributed by atoms with E-state index in [9.17, 15) is 4.79 Å². The Kier molecular flexibility index (Phi) is 4.66. The largest absolute Gasteiger partial charge is 0.397 e. The predicted molar refractivity (Wildman–Crippen MR) is 118 cm³/mol. The van der Waals surface area contributed by atoms with Crippen molar-refractivity contribution in [2.24, 2.45) is 11.3 Å². The van der Waals surface area contributed by atoms with Crippen molar-refractivity contribution >= 4 is 38.8 Å². The number of fused-ring (bicyclic) bond motifs is 2. The monoisotopic (exact) mass is 393 g/mol. The molecule has 0 bridgehead atoms. The summed E-state index contributed by atoms with van der Waals surface area (Å²) in [6, 6.07) is 9.92. The highest BCUT2D eigenvalue weighted by Crippen LogP contribution is 2.40. The van der Waals surface area contributed by atoms with Crippen LogP contribution in [-0.2, 0) is 12.8 Å². The summed E-state index contributed by atoms with van der Waals surface area (Å²) in [5.74, 6) is 0.475. The van der Waals surface area contributed by atoms with Gasteiger partial charge in [0.1, 0.15) is 9.71 Å². The summed E-state index contributed by atoms with van der Waals surface area (Å²) in [6.45, 7) is 8.90. The molecule has 3 aromatic rings. The Morgan fingerprint density at radius 3 is 2.75 bits per heavy atom. The van der Waals surface area contributed by atoms with Crippen LogP contribution in [0.25, 0.3) is 10.2 Å². The van der Waals surface area contributed by atoms with Crippen molar-refractivity contribution in [1.29, 1.82) is 0 Å². The molecule has 4 rings (SSSR count). The van der Waals surface area contributed by atoms with E-state index in [0.717, 1.165) is 40.7 Å². The number of carbonyl (C=O) groups excluding carboxylic acids is 1. The first-order chi connectivity index (χ1) is 13.2. The summed E-state index contributed by atoms with van der Waals surface area (Å²) in [5.41, 5.74) is 11.5. The van der Waals surface area contributed by atoms with Crippen LogP contribution in [0.3, 0.4) is 0 Å². The first-order valence-corrected chi connectivity index (χ1v) is 10.6. The molecule has 1 amide bonds. The summed E-state index contributed by atoms with van der Waals surface area (Å²) >= 11 is 1.39. The molecule has 2 heterocycles. The number of benzene rings is 1. The maximum absolute atomic E-state index is 12.9. The van der Waals surface area contributed by atoms with E-state index in [1.54, 1.807) is 0 Å². The van der Waals surface area contributed by atoms with Crippen molar-refractivity contribution in [2.75, 3.05) is 11.1 Å². The first kappa shape index (κ1) is 18.9. The van der Waals surface area contributed by atoms with Crippen LogP contribution in [-0.4, -0.2) is 10.9 Å². The second-order valence-electron chi connectivity index (χ2n) is 8.87. The minimum absolute atomic E-state index is 0.166. The zero-order valence-electron chi connectivity index (χ0n) is 16.9. The van der Waals surface area contributed by atoms with E-state index in [2.05, 4.69) is 32.2 Å². The summed E-state index contributed by atoms with van der Waals surface area (Å²) in [6.07, 6.45) is 3.19. The molecule has 1 atom stereocenters. The zero-order chi connectivity index (χ0) is 20.1. The highest BCUT2D eigenvalue weighted by atomic mass is 32.1. The fourth-order valence-electron chi connectivity index (χ4n) is 3.99. The topological polar surface area (TPSA) is 68.0 Å². The number of aryl methyl sites for hydroxylation is 2. The molecule has 2 aromatic heterocycles. The molecule has 0 saturated heterocycles. The van der Waals surface area contributed by atoms with Crippen LogP contribution in [0.5, 0.6) is 0 Å². The van der Waals surface area contributed by atoms with Gasteiger partial charge in [0.05, 0.1) is 5.69 Å². The smallest absolute Gasteiger partial charge is 0.267 e. The lowest BCUT2D eigenvalue weighted by Gasteiger charge is -2.34. The fourth-order valence-corrected chi connectivity index (χ4v) is 4.98. The molecule has 1 unspecified atom stereocenters. The van der Waals surface area contributed by atoms with Gasteiger partial charge < -0.3 is 11.1 Å². The first-order valence-electron chi connectivity index (χ1n) is 9.82. The van der Waals surface area contributed by atoms with Gasteiger partial charge >= 0.3 is 0 Å². The Morgan fingerprint density at radius 1 is 1.29 bits per heavy atom. The standard InChI is InChI=1S/C23H27N3OS/c1-13-7-5-6-8-17(13)25-21(27)20-19(24)16-12-14-11-15(23(2,3)4)9-10-18(14)26-22(16)28-20/h5-8,12,15H,9-11,24H2,1-4H3,(H,25,27). The molecule has 0 spiro atoms. The van der Waals surface area contributed by atoms with E-state index in [-0.39, 0.29) is 11.3 Å². The molecule has 1 aliphatic rings. The molecule has 5 heteroatoms. The number of hydrogen-bond donors (Lipinski definition) is 2. The van der Waals surface area contributed by atoms with Gasteiger partial charge in [0.15, 0.2) is 0 Å². The van der Waals surface area contributed by atoms with Gasteiger partial charge in [0, 0.05) is 16.8 Å². The van der Waals surface area contributed by atoms with E-state index in [4.69, 9.17) is 10.7 Å². The summed E-state index contributed by atoms with van der Waals surface area (Å²) in [5, 5.41) is 3.90. The van der Waals surface area contributed by atoms with Gasteiger partial charge in [-0.2, -0.15) is 0 Å². The number of amides is 1. The van der Waals surface area contributed by atoms with Gasteiger partial charge in [0.2, 0.25) is 0 Å². The number of rotatable bonds is 2. The third kappa shape index (κ3) is 3.39. The molecule has 1 aromatic carbocycles. The number of carbonyl (C=O) groups is 1. The Morgan fingerprint density at radius 2 is 2.04 bits per heavy atom. The maximum atomic E-state index is 12.9. The third-order valence-corrected chi connectivity index (χ3v) is 7.02. The van der Waals surface area contributed by atoms with E-state index in [1.165, 1.54) is 22.6 Å². The number of para-hydroxylation sites is 1. The molecule has 3 N–H and O–H groups in total. The second kappa shape index (κ2) is 6.89. The van der Waals surface area contributed by atoms with Gasteiger partial charge in [-0.15, -0.1) is 11.3 Å². The molecular formula is C23H27N3OS. The van der Waals surface area contributed by atoms with Crippen LogP contribution in [0, 0.1) is 18.3 Å². The number of nitrogens with two attached hydrogens (primary N) is 1. The lowest BCUT2D eigenvalue weighted by atomic mass is 9.71. The molecule has 1 aliphatic carbocycles. The normalized spacial score (nSPS) is 16.8. The van der Waals surface area contributed by atoms with Gasteiger partial charge in [-0.05, 0) is 60.8 Å². The second-order valence-corrected chi connectivity index (χ2v) is 9.87. The van der Waals surface area contributed by atoms with Crippen molar-refractivity contribution in [2.45, 2.75) is 47.0 Å². The van der Waals surface area contributed by atoms with Gasteiger partial charge in [-0.3, -0.25) is 4.79 Å². The Balaban J connectivity index is 1.68. The number of hydrogen-bond acceptors (Lipinski definition) is 4. The van der Waals surface area contributed by atoms with Crippen molar-refractivity contribution in [3.05, 3.63) is 52.0 Å². The van der Waals surface area contributed by atoms with Crippen molar-refractivity contribution in [3.8, 4) is 0 Å². The molecule has 0 aliphatic heterocycles. The summed E-state index contributed by atoms with van der Waals surface area (Å²) in [4.78, 5) is 19.1. The van der Waals surface area contributed by atoms with Crippen molar-refractivity contribution < 1.29 is 4.79 Å². The minimum atomic E-state index is -0.166. The van der Waals surface area contributed by atoms with Crippen molar-refractivity contribution in [3.63, 3.8) is 0 Å². The summed E-state index contributed by atoms with van der Waals surface area (Å²) in [7, 11) is 0. The number of thiophene rings is 1. The Labute approximate surface area is 170 Å². The van der Waals surface area contributed by atoms with Gasteiger partial charge in [-0.1, -0.05) is 39.0 Å². The highest BCUT2D eigenvalue weighted by Gasteiger charge is 2.30. The number of aromatic nitrogens is 1. The summed E-state index contributed by atoms with van der Waals surface area (Å²) < 4.78 is 0. The fraction of sp³-hybridized carbons (Fsp3) is 0.391. The van der Waals surface area contributed by atoms with E-state index < -0.39 is 0 Å². The molecule has 146 valence electrons.